The maximum Gasteiger partial charge on any atom is 0.316 e. The first-order chi connectivity index (χ1) is 9.86. The van der Waals surface area contributed by atoms with Crippen molar-refractivity contribution in [3.63, 3.8) is 0 Å². The minimum absolute atomic E-state index is 0.273. The van der Waals surface area contributed by atoms with Gasteiger partial charge in [-0.25, -0.2) is 8.42 Å². The zero-order valence-electron chi connectivity index (χ0n) is 11.8. The van der Waals surface area contributed by atoms with Gasteiger partial charge in [-0.2, -0.15) is 4.98 Å². The van der Waals surface area contributed by atoms with Crippen LogP contribution in [-0.2, 0) is 14.6 Å². The average Bonchev–Trinajstić information content (AvgIpc) is 2.87. The molecule has 0 bridgehead atoms. The number of fused-ring (bicyclic) bond motifs is 1. The van der Waals surface area contributed by atoms with Crippen molar-refractivity contribution in [1.29, 1.82) is 0 Å². The van der Waals surface area contributed by atoms with Crippen LogP contribution in [-0.4, -0.2) is 31.1 Å². The molecule has 21 heavy (non-hydrogen) atoms. The van der Waals surface area contributed by atoms with Gasteiger partial charge in [-0.1, -0.05) is 6.92 Å². The normalized spacial score (nSPS) is 13.2. The van der Waals surface area contributed by atoms with Crippen molar-refractivity contribution < 1.29 is 17.6 Å². The van der Waals surface area contributed by atoms with Gasteiger partial charge in [0, 0.05) is 18.3 Å². The van der Waals surface area contributed by atoms with Gasteiger partial charge >= 0.3 is 5.22 Å². The van der Waals surface area contributed by atoms with Gasteiger partial charge in [-0.15, -0.1) is 0 Å². The molecular weight excluding hydrogens is 294 g/mol. The second-order valence-corrected chi connectivity index (χ2v) is 6.83. The molecule has 114 valence electrons. The molecule has 0 aliphatic heterocycles. The number of carbonyl (C=O) groups is 1. The number of nitrogens with two attached hydrogens (primary N) is 1. The van der Waals surface area contributed by atoms with Crippen molar-refractivity contribution in [3.05, 3.63) is 18.2 Å². The smallest absolute Gasteiger partial charge is 0.316 e. The van der Waals surface area contributed by atoms with Crippen LogP contribution in [0.2, 0.25) is 0 Å². The summed E-state index contributed by atoms with van der Waals surface area (Å²) in [6, 6.07) is 4.65. The van der Waals surface area contributed by atoms with Crippen molar-refractivity contribution in [2.45, 2.75) is 30.7 Å². The van der Waals surface area contributed by atoms with E-state index in [1.165, 1.54) is 13.0 Å². The summed E-state index contributed by atoms with van der Waals surface area (Å²) in [4.78, 5) is 15.7. The topological polar surface area (TPSA) is 115 Å². The highest BCUT2D eigenvalue weighted by atomic mass is 32.2. The van der Waals surface area contributed by atoms with Crippen LogP contribution < -0.4 is 11.1 Å². The summed E-state index contributed by atoms with van der Waals surface area (Å²) in [6.07, 6.45) is 0.723. The lowest BCUT2D eigenvalue weighted by Gasteiger charge is -2.10. The molecule has 3 N–H and O–H groups in total. The number of oxazole rings is 1. The molecule has 0 aliphatic rings. The highest BCUT2D eigenvalue weighted by molar-refractivity contribution is 7.92. The molecule has 2 aromatic rings. The Labute approximate surface area is 122 Å². The molecule has 0 spiro atoms. The number of anilines is 1. The molecule has 1 heterocycles. The number of nitrogens with one attached hydrogen (secondary N) is 1. The van der Waals surface area contributed by atoms with Gasteiger partial charge in [0.25, 0.3) is 0 Å². The molecule has 8 heteroatoms. The Morgan fingerprint density at radius 3 is 2.86 bits per heavy atom. The number of nitrogen functional groups attached to an aromatic ring is 1. The largest absolute Gasteiger partial charge is 0.428 e. The number of sulfone groups is 1. The molecule has 0 fully saturated rings. The van der Waals surface area contributed by atoms with Crippen LogP contribution in [0.1, 0.15) is 20.3 Å². The van der Waals surface area contributed by atoms with Crippen molar-refractivity contribution in [3.8, 4) is 0 Å². The molecule has 7 nitrogen and oxygen atoms in total. The monoisotopic (exact) mass is 311 g/mol. The lowest BCUT2D eigenvalue weighted by atomic mass is 10.3. The van der Waals surface area contributed by atoms with Gasteiger partial charge in [0.2, 0.25) is 15.7 Å². The standard InChI is InChI=1S/C13H17N3O4S/c1-3-6-15-12(17)8(2)21(18,19)13-16-10-5-4-9(14)7-11(10)20-13/h4-5,7-8H,3,6,14H2,1-2H3,(H,15,17). The van der Waals surface area contributed by atoms with E-state index in [0.717, 1.165) is 6.42 Å². The van der Waals surface area contributed by atoms with Crippen molar-refractivity contribution in [2.24, 2.45) is 0 Å². The first-order valence-corrected chi connectivity index (χ1v) is 8.08. The number of amides is 1. The number of aromatic nitrogens is 1. The van der Waals surface area contributed by atoms with E-state index >= 15 is 0 Å². The van der Waals surface area contributed by atoms with Crippen LogP contribution in [0.15, 0.2) is 27.8 Å². The molecule has 1 aromatic heterocycles. The van der Waals surface area contributed by atoms with Crippen LogP contribution in [0.5, 0.6) is 0 Å². The fourth-order valence-electron chi connectivity index (χ4n) is 1.73. The number of nitrogens with zero attached hydrogens (tertiary/aromatic N) is 1. The van der Waals surface area contributed by atoms with E-state index in [-0.39, 0.29) is 5.58 Å². The molecule has 1 unspecified atom stereocenters. The Kier molecular flexibility index (Phi) is 4.17. The van der Waals surface area contributed by atoms with E-state index < -0.39 is 26.2 Å². The van der Waals surface area contributed by atoms with Gasteiger partial charge in [-0.3, -0.25) is 4.79 Å². The SMILES string of the molecule is CCCNC(=O)C(C)S(=O)(=O)c1nc2ccc(N)cc2o1. The van der Waals surface area contributed by atoms with E-state index in [1.54, 1.807) is 12.1 Å². The quantitative estimate of drug-likeness (QED) is 0.799. The minimum Gasteiger partial charge on any atom is -0.428 e. The Bertz CT molecular complexity index is 767. The summed E-state index contributed by atoms with van der Waals surface area (Å²) in [5.41, 5.74) is 6.70. The number of benzene rings is 1. The van der Waals surface area contributed by atoms with E-state index in [2.05, 4.69) is 10.3 Å². The van der Waals surface area contributed by atoms with Gasteiger partial charge in [0.05, 0.1) is 0 Å². The Morgan fingerprint density at radius 1 is 1.48 bits per heavy atom. The number of rotatable bonds is 5. The highest BCUT2D eigenvalue weighted by Gasteiger charge is 2.34. The lowest BCUT2D eigenvalue weighted by molar-refractivity contribution is -0.120. The van der Waals surface area contributed by atoms with Gasteiger partial charge in [-0.05, 0) is 25.5 Å². The lowest BCUT2D eigenvalue weighted by Crippen LogP contribution is -2.38. The van der Waals surface area contributed by atoms with Gasteiger partial charge in [0.1, 0.15) is 10.8 Å². The molecule has 1 amide bonds. The summed E-state index contributed by atoms with van der Waals surface area (Å²) in [6.45, 7) is 3.61. The fraction of sp³-hybridized carbons (Fsp3) is 0.385. The van der Waals surface area contributed by atoms with E-state index in [9.17, 15) is 13.2 Å². The predicted molar refractivity (Wildman–Crippen MR) is 78.4 cm³/mol. The van der Waals surface area contributed by atoms with Crippen LogP contribution in [0.3, 0.4) is 0 Å². The molecule has 0 aliphatic carbocycles. The van der Waals surface area contributed by atoms with E-state index in [4.69, 9.17) is 10.2 Å². The number of hydrogen-bond donors (Lipinski definition) is 2. The summed E-state index contributed by atoms with van der Waals surface area (Å²) >= 11 is 0. The summed E-state index contributed by atoms with van der Waals surface area (Å²) in [5, 5.41) is 0.804. The molecule has 1 atom stereocenters. The maximum atomic E-state index is 12.3. The van der Waals surface area contributed by atoms with Crippen molar-refractivity contribution >= 4 is 32.5 Å². The third-order valence-corrected chi connectivity index (χ3v) is 4.83. The molecule has 0 saturated heterocycles. The first-order valence-electron chi connectivity index (χ1n) is 6.54. The summed E-state index contributed by atoms with van der Waals surface area (Å²) < 4.78 is 29.9. The zero-order chi connectivity index (χ0) is 15.6. The first kappa shape index (κ1) is 15.3. The number of hydrogen-bond acceptors (Lipinski definition) is 6. The van der Waals surface area contributed by atoms with Crippen LogP contribution >= 0.6 is 0 Å². The van der Waals surface area contributed by atoms with Crippen molar-refractivity contribution in [2.75, 3.05) is 12.3 Å². The second-order valence-electron chi connectivity index (χ2n) is 4.69. The highest BCUT2D eigenvalue weighted by Crippen LogP contribution is 2.23. The fourth-order valence-corrected chi connectivity index (χ4v) is 2.82. The maximum absolute atomic E-state index is 12.3. The van der Waals surface area contributed by atoms with Gasteiger partial charge in [0.15, 0.2) is 5.58 Å². The molecule has 1 aromatic carbocycles. The Morgan fingerprint density at radius 2 is 2.19 bits per heavy atom. The van der Waals surface area contributed by atoms with Crippen molar-refractivity contribution in [1.82, 2.24) is 10.3 Å². The zero-order valence-corrected chi connectivity index (χ0v) is 12.6. The van der Waals surface area contributed by atoms with E-state index in [1.807, 2.05) is 6.92 Å². The molecule has 0 radical (unpaired) electrons. The van der Waals surface area contributed by atoms with Crippen LogP contribution in [0.4, 0.5) is 5.69 Å². The third kappa shape index (κ3) is 2.99. The van der Waals surface area contributed by atoms with Crippen LogP contribution in [0, 0.1) is 0 Å². The van der Waals surface area contributed by atoms with Crippen LogP contribution in [0.25, 0.3) is 11.1 Å². The predicted octanol–water partition coefficient (Wildman–Crippen LogP) is 1.10. The second kappa shape index (κ2) is 5.72. The molecule has 0 saturated carbocycles. The van der Waals surface area contributed by atoms with Gasteiger partial charge < -0.3 is 15.5 Å². The minimum atomic E-state index is -3.97. The summed E-state index contributed by atoms with van der Waals surface area (Å²) in [5.74, 6) is -0.571. The van der Waals surface area contributed by atoms with E-state index in [0.29, 0.717) is 17.7 Å². The molecule has 2 rings (SSSR count). The molecular formula is C13H17N3O4S. The summed E-state index contributed by atoms with van der Waals surface area (Å²) in [7, 11) is -3.97. The Balaban J connectivity index is 2.34. The number of carbonyl (C=O) groups excluding carboxylic acids is 1. The average molecular weight is 311 g/mol. The third-order valence-electron chi connectivity index (χ3n) is 3.02. The Hall–Kier alpha value is -2.09.